The molecule has 2 amide bonds. The molecule has 5 nitrogen and oxygen atoms in total. The zero-order chi connectivity index (χ0) is 14.5. The Morgan fingerprint density at radius 1 is 1.45 bits per heavy atom. The fourth-order valence-electron chi connectivity index (χ4n) is 2.55. The smallest absolute Gasteiger partial charge is 0.249 e. The highest BCUT2D eigenvalue weighted by Crippen LogP contribution is 2.20. The summed E-state index contributed by atoms with van der Waals surface area (Å²) in [6.45, 7) is 3.84. The van der Waals surface area contributed by atoms with E-state index in [0.29, 0.717) is 23.6 Å². The van der Waals surface area contributed by atoms with Gasteiger partial charge in [-0.3, -0.25) is 9.59 Å². The van der Waals surface area contributed by atoms with E-state index in [0.717, 1.165) is 31.5 Å². The zero-order valence-electron chi connectivity index (χ0n) is 11.7. The largest absolute Gasteiger partial charge is 0.366 e. The molecule has 20 heavy (non-hydrogen) atoms. The summed E-state index contributed by atoms with van der Waals surface area (Å²) < 4.78 is 0. The van der Waals surface area contributed by atoms with E-state index in [1.807, 2.05) is 0 Å². The van der Waals surface area contributed by atoms with Gasteiger partial charge in [-0.05, 0) is 56.5 Å². The van der Waals surface area contributed by atoms with Gasteiger partial charge in [-0.15, -0.1) is 0 Å². The number of hydrogen-bond donors (Lipinski definition) is 3. The third kappa shape index (κ3) is 3.57. The van der Waals surface area contributed by atoms with Crippen LogP contribution in [0.25, 0.3) is 0 Å². The number of carbonyl (C=O) groups is 2. The predicted octanol–water partition coefficient (Wildman–Crippen LogP) is 1.42. The number of carbonyl (C=O) groups excluding carboxylic acids is 2. The Kier molecular flexibility index (Phi) is 4.74. The van der Waals surface area contributed by atoms with Crippen LogP contribution in [0.4, 0.5) is 5.69 Å². The second-order valence-corrected chi connectivity index (χ2v) is 5.29. The molecule has 0 saturated carbocycles. The first-order valence-electron chi connectivity index (χ1n) is 6.98. The Balaban J connectivity index is 1.93. The number of primary amides is 1. The average Bonchev–Trinajstić information content (AvgIpc) is 2.91. The summed E-state index contributed by atoms with van der Waals surface area (Å²) in [5.41, 5.74) is 7.13. The van der Waals surface area contributed by atoms with E-state index in [1.165, 1.54) is 0 Å². The maximum atomic E-state index is 12.0. The third-order valence-corrected chi connectivity index (χ3v) is 3.82. The SMILES string of the molecule is Cc1c(NC(=O)CCC2CCNC2)cccc1C(N)=O. The lowest BCUT2D eigenvalue weighted by atomic mass is 10.0. The second kappa shape index (κ2) is 6.52. The second-order valence-electron chi connectivity index (χ2n) is 5.29. The lowest BCUT2D eigenvalue weighted by molar-refractivity contribution is -0.116. The van der Waals surface area contributed by atoms with Crippen molar-refractivity contribution in [3.05, 3.63) is 29.3 Å². The van der Waals surface area contributed by atoms with Gasteiger partial charge in [0.1, 0.15) is 0 Å². The van der Waals surface area contributed by atoms with E-state index in [9.17, 15) is 9.59 Å². The molecule has 0 spiro atoms. The van der Waals surface area contributed by atoms with Crippen molar-refractivity contribution < 1.29 is 9.59 Å². The first-order valence-corrected chi connectivity index (χ1v) is 6.98. The Bertz CT molecular complexity index is 508. The standard InChI is InChI=1S/C15H21N3O2/c1-10-12(15(16)20)3-2-4-13(10)18-14(19)6-5-11-7-8-17-9-11/h2-4,11,17H,5-9H2,1H3,(H2,16,20)(H,18,19). The molecule has 1 fully saturated rings. The van der Waals surface area contributed by atoms with Crippen LogP contribution >= 0.6 is 0 Å². The maximum Gasteiger partial charge on any atom is 0.249 e. The molecule has 1 unspecified atom stereocenters. The van der Waals surface area contributed by atoms with Crippen LogP contribution in [-0.2, 0) is 4.79 Å². The number of benzene rings is 1. The molecule has 4 N–H and O–H groups in total. The van der Waals surface area contributed by atoms with E-state index in [2.05, 4.69) is 10.6 Å². The van der Waals surface area contributed by atoms with Crippen molar-refractivity contribution in [2.75, 3.05) is 18.4 Å². The fraction of sp³-hybridized carbons (Fsp3) is 0.467. The monoisotopic (exact) mass is 275 g/mol. The highest BCUT2D eigenvalue weighted by molar-refractivity contribution is 5.98. The van der Waals surface area contributed by atoms with Crippen molar-refractivity contribution in [1.82, 2.24) is 5.32 Å². The summed E-state index contributed by atoms with van der Waals surface area (Å²) in [6, 6.07) is 5.18. The van der Waals surface area contributed by atoms with Crippen molar-refractivity contribution in [2.24, 2.45) is 11.7 Å². The van der Waals surface area contributed by atoms with Gasteiger partial charge >= 0.3 is 0 Å². The first kappa shape index (κ1) is 14.5. The summed E-state index contributed by atoms with van der Waals surface area (Å²) in [6.07, 6.45) is 2.55. The van der Waals surface area contributed by atoms with Gasteiger partial charge in [0.05, 0.1) is 0 Å². The molecular formula is C15H21N3O2. The van der Waals surface area contributed by atoms with E-state index in [1.54, 1.807) is 25.1 Å². The van der Waals surface area contributed by atoms with Crippen LogP contribution in [0, 0.1) is 12.8 Å². The van der Waals surface area contributed by atoms with E-state index in [4.69, 9.17) is 5.73 Å². The van der Waals surface area contributed by atoms with Crippen molar-refractivity contribution in [3.8, 4) is 0 Å². The summed E-state index contributed by atoms with van der Waals surface area (Å²) in [5.74, 6) is 0.107. The molecule has 108 valence electrons. The molecular weight excluding hydrogens is 254 g/mol. The molecule has 1 aliphatic rings. The molecule has 0 aliphatic carbocycles. The number of hydrogen-bond acceptors (Lipinski definition) is 3. The average molecular weight is 275 g/mol. The number of nitrogens with two attached hydrogens (primary N) is 1. The molecule has 1 saturated heterocycles. The van der Waals surface area contributed by atoms with Gasteiger partial charge in [0.2, 0.25) is 11.8 Å². The van der Waals surface area contributed by atoms with Gasteiger partial charge in [0.25, 0.3) is 0 Å². The van der Waals surface area contributed by atoms with E-state index >= 15 is 0 Å². The lowest BCUT2D eigenvalue weighted by Gasteiger charge is -2.12. The molecule has 1 aromatic rings. The van der Waals surface area contributed by atoms with Crippen LogP contribution < -0.4 is 16.4 Å². The van der Waals surface area contributed by atoms with Crippen LogP contribution in [-0.4, -0.2) is 24.9 Å². The molecule has 1 atom stereocenters. The Hall–Kier alpha value is -1.88. The normalized spacial score (nSPS) is 17.9. The number of rotatable bonds is 5. The highest BCUT2D eigenvalue weighted by Gasteiger charge is 2.16. The third-order valence-electron chi connectivity index (χ3n) is 3.82. The zero-order valence-corrected chi connectivity index (χ0v) is 11.7. The van der Waals surface area contributed by atoms with Crippen molar-refractivity contribution in [3.63, 3.8) is 0 Å². The Morgan fingerprint density at radius 3 is 2.90 bits per heavy atom. The Labute approximate surface area is 118 Å². The summed E-state index contributed by atoms with van der Waals surface area (Å²) in [7, 11) is 0. The quantitative estimate of drug-likeness (QED) is 0.760. The van der Waals surface area contributed by atoms with E-state index < -0.39 is 5.91 Å². The van der Waals surface area contributed by atoms with Crippen molar-refractivity contribution in [1.29, 1.82) is 0 Å². The van der Waals surface area contributed by atoms with Gasteiger partial charge in [-0.1, -0.05) is 6.07 Å². The van der Waals surface area contributed by atoms with Gasteiger partial charge in [-0.2, -0.15) is 0 Å². The number of amides is 2. The first-order chi connectivity index (χ1) is 9.58. The van der Waals surface area contributed by atoms with Crippen LogP contribution in [0.15, 0.2) is 18.2 Å². The predicted molar refractivity (Wildman–Crippen MR) is 78.5 cm³/mol. The molecule has 2 rings (SSSR count). The highest BCUT2D eigenvalue weighted by atomic mass is 16.2. The van der Waals surface area contributed by atoms with Crippen LogP contribution in [0.1, 0.15) is 35.2 Å². The molecule has 1 heterocycles. The minimum absolute atomic E-state index is 0.0124. The van der Waals surface area contributed by atoms with Gasteiger partial charge in [0.15, 0.2) is 0 Å². The molecule has 1 aliphatic heterocycles. The molecule has 1 aromatic carbocycles. The minimum Gasteiger partial charge on any atom is -0.366 e. The van der Waals surface area contributed by atoms with Gasteiger partial charge in [-0.25, -0.2) is 0 Å². The topological polar surface area (TPSA) is 84.2 Å². The Morgan fingerprint density at radius 2 is 2.25 bits per heavy atom. The summed E-state index contributed by atoms with van der Waals surface area (Å²) >= 11 is 0. The number of nitrogens with one attached hydrogen (secondary N) is 2. The fourth-order valence-corrected chi connectivity index (χ4v) is 2.55. The van der Waals surface area contributed by atoms with Crippen molar-refractivity contribution >= 4 is 17.5 Å². The van der Waals surface area contributed by atoms with Crippen molar-refractivity contribution in [2.45, 2.75) is 26.2 Å². The van der Waals surface area contributed by atoms with Crippen LogP contribution in [0.3, 0.4) is 0 Å². The lowest BCUT2D eigenvalue weighted by Crippen LogP contribution is -2.17. The molecule has 0 aromatic heterocycles. The molecule has 0 radical (unpaired) electrons. The number of anilines is 1. The summed E-state index contributed by atoms with van der Waals surface area (Å²) in [4.78, 5) is 23.2. The maximum absolute atomic E-state index is 12.0. The van der Waals surface area contributed by atoms with Crippen LogP contribution in [0.2, 0.25) is 0 Å². The van der Waals surface area contributed by atoms with Gasteiger partial charge < -0.3 is 16.4 Å². The molecule has 5 heteroatoms. The molecule has 0 bridgehead atoms. The van der Waals surface area contributed by atoms with E-state index in [-0.39, 0.29) is 5.91 Å². The minimum atomic E-state index is -0.476. The van der Waals surface area contributed by atoms with Crippen LogP contribution in [0.5, 0.6) is 0 Å². The van der Waals surface area contributed by atoms with Gasteiger partial charge in [0, 0.05) is 17.7 Å². The summed E-state index contributed by atoms with van der Waals surface area (Å²) in [5, 5.41) is 6.15.